The standard InChI is InChI=1S/C25H26F3N3O3/c1-3-21-20(13-23(32)33)22(4-2)31(30-21)15-17-5-9-18(10-6-17)24(34)29-14-16-7-11-19(12-8-16)25(26,27)28/h5-12H,3-4,13-15H2,1-2H3,(H,29,34)(H,32,33). The van der Waals surface area contributed by atoms with E-state index >= 15 is 0 Å². The second-order valence-corrected chi connectivity index (χ2v) is 7.88. The van der Waals surface area contributed by atoms with E-state index in [9.17, 15) is 27.9 Å². The Morgan fingerprint density at radius 3 is 2.12 bits per heavy atom. The average Bonchev–Trinajstić information content (AvgIpc) is 3.12. The van der Waals surface area contributed by atoms with Crippen LogP contribution in [0.15, 0.2) is 48.5 Å². The number of carboxylic acids is 1. The molecule has 3 aromatic rings. The van der Waals surface area contributed by atoms with Gasteiger partial charge in [0.15, 0.2) is 0 Å². The van der Waals surface area contributed by atoms with Crippen LogP contribution < -0.4 is 5.32 Å². The maximum atomic E-state index is 12.7. The molecule has 6 nitrogen and oxygen atoms in total. The predicted octanol–water partition coefficient (Wildman–Crippen LogP) is 4.63. The highest BCUT2D eigenvalue weighted by atomic mass is 19.4. The van der Waals surface area contributed by atoms with E-state index in [0.717, 1.165) is 34.6 Å². The fourth-order valence-corrected chi connectivity index (χ4v) is 3.79. The number of hydrogen-bond donors (Lipinski definition) is 2. The summed E-state index contributed by atoms with van der Waals surface area (Å²) < 4.78 is 39.8. The minimum absolute atomic E-state index is 0.0651. The molecule has 0 radical (unpaired) electrons. The molecule has 0 spiro atoms. The van der Waals surface area contributed by atoms with Gasteiger partial charge in [0, 0.05) is 23.4 Å². The monoisotopic (exact) mass is 473 g/mol. The second-order valence-electron chi connectivity index (χ2n) is 7.88. The predicted molar refractivity (Wildman–Crippen MR) is 120 cm³/mol. The number of hydrogen-bond acceptors (Lipinski definition) is 3. The summed E-state index contributed by atoms with van der Waals surface area (Å²) in [6.07, 6.45) is -3.17. The van der Waals surface area contributed by atoms with Gasteiger partial charge in [-0.05, 0) is 48.2 Å². The number of aliphatic carboxylic acids is 1. The topological polar surface area (TPSA) is 84.2 Å². The first-order valence-corrected chi connectivity index (χ1v) is 10.9. The zero-order valence-electron chi connectivity index (χ0n) is 18.9. The van der Waals surface area contributed by atoms with Crippen molar-refractivity contribution in [3.63, 3.8) is 0 Å². The number of aryl methyl sites for hydroxylation is 1. The Balaban J connectivity index is 1.65. The van der Waals surface area contributed by atoms with Gasteiger partial charge in [-0.15, -0.1) is 0 Å². The van der Waals surface area contributed by atoms with Crippen LogP contribution in [0.4, 0.5) is 13.2 Å². The number of aromatic nitrogens is 2. The maximum absolute atomic E-state index is 12.7. The van der Waals surface area contributed by atoms with Crippen LogP contribution in [0.25, 0.3) is 0 Å². The summed E-state index contributed by atoms with van der Waals surface area (Å²) in [4.78, 5) is 23.7. The van der Waals surface area contributed by atoms with E-state index in [1.165, 1.54) is 12.1 Å². The minimum Gasteiger partial charge on any atom is -0.481 e. The first-order chi connectivity index (χ1) is 16.1. The molecule has 9 heteroatoms. The Morgan fingerprint density at radius 2 is 1.59 bits per heavy atom. The molecule has 1 amide bonds. The number of carbonyl (C=O) groups is 2. The molecule has 0 aliphatic rings. The Hall–Kier alpha value is -3.62. The highest BCUT2D eigenvalue weighted by molar-refractivity contribution is 5.94. The molecule has 0 fully saturated rings. The highest BCUT2D eigenvalue weighted by Crippen LogP contribution is 2.29. The normalized spacial score (nSPS) is 11.4. The van der Waals surface area contributed by atoms with Gasteiger partial charge < -0.3 is 10.4 Å². The summed E-state index contributed by atoms with van der Waals surface area (Å²) in [6, 6.07) is 11.6. The van der Waals surface area contributed by atoms with Gasteiger partial charge in [-0.25, -0.2) is 0 Å². The first-order valence-electron chi connectivity index (χ1n) is 10.9. The van der Waals surface area contributed by atoms with Crippen molar-refractivity contribution in [3.05, 3.63) is 87.7 Å². The SMILES string of the molecule is CCc1nn(Cc2ccc(C(=O)NCc3ccc(C(F)(F)F)cc3)cc2)c(CC)c1CC(=O)O. The maximum Gasteiger partial charge on any atom is 0.416 e. The molecule has 0 unspecified atom stereocenters. The van der Waals surface area contributed by atoms with Crippen LogP contribution in [0.2, 0.25) is 0 Å². The molecule has 0 aliphatic heterocycles. The molecule has 34 heavy (non-hydrogen) atoms. The zero-order valence-corrected chi connectivity index (χ0v) is 18.9. The van der Waals surface area contributed by atoms with Gasteiger partial charge in [0.2, 0.25) is 0 Å². The molecule has 0 saturated heterocycles. The summed E-state index contributed by atoms with van der Waals surface area (Å²) in [6.45, 7) is 4.46. The van der Waals surface area contributed by atoms with E-state index in [0.29, 0.717) is 30.5 Å². The van der Waals surface area contributed by atoms with Crippen molar-refractivity contribution in [1.82, 2.24) is 15.1 Å². The number of benzene rings is 2. The zero-order chi connectivity index (χ0) is 24.9. The Kier molecular flexibility index (Phi) is 7.75. The fraction of sp³-hybridized carbons (Fsp3) is 0.320. The second kappa shape index (κ2) is 10.5. The third-order valence-corrected chi connectivity index (χ3v) is 5.53. The molecular weight excluding hydrogens is 447 g/mol. The van der Waals surface area contributed by atoms with Gasteiger partial charge in [-0.1, -0.05) is 38.1 Å². The molecule has 0 bridgehead atoms. The van der Waals surface area contributed by atoms with Crippen molar-refractivity contribution < 1.29 is 27.9 Å². The summed E-state index contributed by atoms with van der Waals surface area (Å²) in [5.74, 6) is -1.23. The molecule has 1 aromatic heterocycles. The lowest BCUT2D eigenvalue weighted by Gasteiger charge is -2.10. The molecule has 2 aromatic carbocycles. The summed E-state index contributed by atoms with van der Waals surface area (Å²) in [5, 5.41) is 16.5. The molecule has 180 valence electrons. The van der Waals surface area contributed by atoms with E-state index in [1.807, 2.05) is 18.5 Å². The number of carboxylic acid groups (broad SMARTS) is 1. The van der Waals surface area contributed by atoms with Gasteiger partial charge in [0.1, 0.15) is 0 Å². The Morgan fingerprint density at radius 1 is 0.971 bits per heavy atom. The largest absolute Gasteiger partial charge is 0.481 e. The average molecular weight is 473 g/mol. The quantitative estimate of drug-likeness (QED) is 0.475. The Labute approximate surface area is 195 Å². The molecule has 3 rings (SSSR count). The van der Waals surface area contributed by atoms with E-state index < -0.39 is 17.7 Å². The first kappa shape index (κ1) is 25.0. The number of amides is 1. The number of alkyl halides is 3. The van der Waals surface area contributed by atoms with E-state index in [-0.39, 0.29) is 18.9 Å². The van der Waals surface area contributed by atoms with Crippen molar-refractivity contribution >= 4 is 11.9 Å². The lowest BCUT2D eigenvalue weighted by atomic mass is 10.1. The molecule has 0 aliphatic carbocycles. The molecule has 0 atom stereocenters. The molecular formula is C25H26F3N3O3. The lowest BCUT2D eigenvalue weighted by Crippen LogP contribution is -2.22. The van der Waals surface area contributed by atoms with Gasteiger partial charge in [0.05, 0.1) is 24.2 Å². The Bertz CT molecular complexity index is 1150. The van der Waals surface area contributed by atoms with Gasteiger partial charge in [-0.2, -0.15) is 18.3 Å². The smallest absolute Gasteiger partial charge is 0.416 e. The van der Waals surface area contributed by atoms with E-state index in [1.54, 1.807) is 24.3 Å². The van der Waals surface area contributed by atoms with Gasteiger partial charge >= 0.3 is 12.1 Å². The molecule has 0 saturated carbocycles. The van der Waals surface area contributed by atoms with Crippen molar-refractivity contribution in [1.29, 1.82) is 0 Å². The third-order valence-electron chi connectivity index (χ3n) is 5.53. The van der Waals surface area contributed by atoms with Crippen molar-refractivity contribution in [2.24, 2.45) is 0 Å². The van der Waals surface area contributed by atoms with E-state index in [2.05, 4.69) is 10.4 Å². The van der Waals surface area contributed by atoms with Crippen LogP contribution >= 0.6 is 0 Å². The van der Waals surface area contributed by atoms with Crippen molar-refractivity contribution in [2.75, 3.05) is 0 Å². The summed E-state index contributed by atoms with van der Waals surface area (Å²) in [7, 11) is 0. The van der Waals surface area contributed by atoms with Crippen LogP contribution in [0, 0.1) is 0 Å². The van der Waals surface area contributed by atoms with Crippen molar-refractivity contribution in [3.8, 4) is 0 Å². The number of rotatable bonds is 9. The number of halogens is 3. The number of nitrogens with one attached hydrogen (secondary N) is 1. The lowest BCUT2D eigenvalue weighted by molar-refractivity contribution is -0.138. The van der Waals surface area contributed by atoms with Crippen LogP contribution in [-0.4, -0.2) is 26.8 Å². The van der Waals surface area contributed by atoms with Gasteiger partial charge in [-0.3, -0.25) is 14.3 Å². The summed E-state index contributed by atoms with van der Waals surface area (Å²) >= 11 is 0. The third kappa shape index (κ3) is 6.03. The van der Waals surface area contributed by atoms with E-state index in [4.69, 9.17) is 0 Å². The highest BCUT2D eigenvalue weighted by Gasteiger charge is 2.29. The van der Waals surface area contributed by atoms with Crippen molar-refractivity contribution in [2.45, 2.75) is 52.4 Å². The molecule has 2 N–H and O–H groups in total. The summed E-state index contributed by atoms with van der Waals surface area (Å²) in [5.41, 5.74) is 3.58. The fourth-order valence-electron chi connectivity index (χ4n) is 3.79. The number of nitrogens with zero attached hydrogens (tertiary/aromatic N) is 2. The minimum atomic E-state index is -4.40. The molecule has 1 heterocycles. The van der Waals surface area contributed by atoms with Crippen LogP contribution in [0.1, 0.15) is 57.8 Å². The number of carbonyl (C=O) groups excluding carboxylic acids is 1. The van der Waals surface area contributed by atoms with Crippen LogP contribution in [0.3, 0.4) is 0 Å². The van der Waals surface area contributed by atoms with Crippen LogP contribution in [-0.2, 0) is 43.3 Å². The van der Waals surface area contributed by atoms with Gasteiger partial charge in [0.25, 0.3) is 5.91 Å². The van der Waals surface area contributed by atoms with Crippen LogP contribution in [0.5, 0.6) is 0 Å².